The zero-order valence-electron chi connectivity index (χ0n) is 16.9. The quantitative estimate of drug-likeness (QED) is 0.803. The van der Waals surface area contributed by atoms with E-state index in [1.165, 1.54) is 16.8 Å². The van der Waals surface area contributed by atoms with Crippen molar-refractivity contribution < 1.29 is 4.79 Å². The number of aryl methyl sites for hydroxylation is 1. The van der Waals surface area contributed by atoms with Crippen molar-refractivity contribution in [3.63, 3.8) is 0 Å². The molecular weight excluding hydrogens is 372 g/mol. The van der Waals surface area contributed by atoms with Gasteiger partial charge in [-0.05, 0) is 62.8 Å². The Morgan fingerprint density at radius 2 is 2.04 bits per heavy atom. The highest BCUT2D eigenvalue weighted by molar-refractivity contribution is 5.94. The minimum atomic E-state index is 0. The number of rotatable bonds is 6. The summed E-state index contributed by atoms with van der Waals surface area (Å²) in [6, 6.07) is 8.87. The van der Waals surface area contributed by atoms with E-state index in [-0.39, 0.29) is 18.3 Å². The molecule has 2 aromatic rings. The number of hydrogen-bond donors (Lipinski definition) is 1. The van der Waals surface area contributed by atoms with Crippen molar-refractivity contribution in [1.82, 2.24) is 20.0 Å². The molecule has 0 radical (unpaired) electrons. The minimum Gasteiger partial charge on any atom is -0.333 e. The van der Waals surface area contributed by atoms with Crippen molar-refractivity contribution in [2.45, 2.75) is 58.4 Å². The summed E-state index contributed by atoms with van der Waals surface area (Å²) in [5.74, 6) is 0.118. The fourth-order valence-electron chi connectivity index (χ4n) is 4.43. The van der Waals surface area contributed by atoms with Crippen LogP contribution in [0.25, 0.3) is 5.69 Å². The molecule has 1 N–H and O–H groups in total. The number of nitrogens with zero attached hydrogens (tertiary/aromatic N) is 3. The summed E-state index contributed by atoms with van der Waals surface area (Å²) >= 11 is 0. The van der Waals surface area contributed by atoms with Crippen LogP contribution in [0.3, 0.4) is 0 Å². The molecule has 1 aliphatic heterocycles. The molecule has 1 aromatic carbocycles. The predicted molar refractivity (Wildman–Crippen MR) is 115 cm³/mol. The van der Waals surface area contributed by atoms with Crippen LogP contribution in [-0.2, 0) is 19.3 Å². The van der Waals surface area contributed by atoms with E-state index in [4.69, 9.17) is 5.10 Å². The van der Waals surface area contributed by atoms with E-state index in [1.807, 2.05) is 4.68 Å². The van der Waals surface area contributed by atoms with Gasteiger partial charge in [-0.1, -0.05) is 26.0 Å². The highest BCUT2D eigenvalue weighted by Gasteiger charge is 2.33. The van der Waals surface area contributed by atoms with Gasteiger partial charge in [-0.25, -0.2) is 4.68 Å². The van der Waals surface area contributed by atoms with Gasteiger partial charge in [0.15, 0.2) is 5.69 Å². The summed E-state index contributed by atoms with van der Waals surface area (Å²) in [5, 5.41) is 8.23. The largest absolute Gasteiger partial charge is 0.333 e. The summed E-state index contributed by atoms with van der Waals surface area (Å²) in [6.45, 7) is 7.00. The molecule has 2 aliphatic rings. The molecular formula is C22H31ClN4O. The maximum absolute atomic E-state index is 13.4. The van der Waals surface area contributed by atoms with Gasteiger partial charge >= 0.3 is 0 Å². The number of halogens is 1. The van der Waals surface area contributed by atoms with Gasteiger partial charge in [0, 0.05) is 30.4 Å². The molecule has 1 fully saturated rings. The topological polar surface area (TPSA) is 50.2 Å². The Morgan fingerprint density at radius 3 is 2.68 bits per heavy atom. The first kappa shape index (κ1) is 20.9. The van der Waals surface area contributed by atoms with Crippen LogP contribution in [-0.4, -0.2) is 46.3 Å². The van der Waals surface area contributed by atoms with Crippen LogP contribution in [0, 0.1) is 0 Å². The van der Waals surface area contributed by atoms with Crippen molar-refractivity contribution in [2.75, 3.05) is 19.6 Å². The Kier molecular flexibility index (Phi) is 6.78. The molecule has 6 heteroatoms. The van der Waals surface area contributed by atoms with Gasteiger partial charge in [0.05, 0.1) is 5.69 Å². The van der Waals surface area contributed by atoms with E-state index in [2.05, 4.69) is 48.3 Å². The number of fused-ring (bicyclic) bond motifs is 1. The normalized spacial score (nSPS) is 18.0. The van der Waals surface area contributed by atoms with Gasteiger partial charge in [0.1, 0.15) is 0 Å². The second-order valence-electron chi connectivity index (χ2n) is 7.70. The lowest BCUT2D eigenvalue weighted by Crippen LogP contribution is -2.42. The van der Waals surface area contributed by atoms with E-state index in [0.717, 1.165) is 63.8 Å². The standard InChI is InChI=1S/C22H30N4O.ClH/c1-3-14-25(18-12-13-23-15-18)22(27)21-19-6-5-7-20(19)26(24-21)17-10-8-16(4-2)9-11-17;/h8-11,18,23H,3-7,12-15H2,1-2H3;1H. The Balaban J connectivity index is 0.00000225. The summed E-state index contributed by atoms with van der Waals surface area (Å²) in [4.78, 5) is 15.5. The number of carbonyl (C=O) groups is 1. The Morgan fingerprint density at radius 1 is 1.25 bits per heavy atom. The second kappa shape index (κ2) is 9.10. The lowest BCUT2D eigenvalue weighted by molar-refractivity contribution is 0.0684. The van der Waals surface area contributed by atoms with E-state index in [1.54, 1.807) is 0 Å². The molecule has 5 nitrogen and oxygen atoms in total. The molecule has 2 heterocycles. The SMILES string of the molecule is CCCN(C(=O)c1nn(-c2ccc(CC)cc2)c2c1CCC2)C1CCNC1.Cl. The molecule has 1 unspecified atom stereocenters. The van der Waals surface area contributed by atoms with Crippen molar-refractivity contribution in [1.29, 1.82) is 0 Å². The van der Waals surface area contributed by atoms with Gasteiger partial charge in [-0.2, -0.15) is 5.10 Å². The van der Waals surface area contributed by atoms with Crippen molar-refractivity contribution in [3.05, 3.63) is 46.8 Å². The maximum atomic E-state index is 13.4. The van der Waals surface area contributed by atoms with Crippen LogP contribution in [0.15, 0.2) is 24.3 Å². The van der Waals surface area contributed by atoms with Crippen LogP contribution in [0.1, 0.15) is 60.4 Å². The highest BCUT2D eigenvalue weighted by atomic mass is 35.5. The molecule has 4 rings (SSSR count). The number of benzene rings is 1. The smallest absolute Gasteiger partial charge is 0.274 e. The summed E-state index contributed by atoms with van der Waals surface area (Å²) in [6.07, 6.45) is 6.12. The van der Waals surface area contributed by atoms with Crippen molar-refractivity contribution in [2.24, 2.45) is 0 Å². The van der Waals surface area contributed by atoms with Crippen LogP contribution in [0.5, 0.6) is 0 Å². The Labute approximate surface area is 173 Å². The molecule has 1 aliphatic carbocycles. The molecule has 0 saturated carbocycles. The van der Waals surface area contributed by atoms with Crippen LogP contribution >= 0.6 is 12.4 Å². The summed E-state index contributed by atoms with van der Waals surface area (Å²) < 4.78 is 2.02. The maximum Gasteiger partial charge on any atom is 0.274 e. The monoisotopic (exact) mass is 402 g/mol. The number of aromatic nitrogens is 2. The molecule has 0 bridgehead atoms. The molecule has 1 aromatic heterocycles. The zero-order chi connectivity index (χ0) is 18.8. The molecule has 1 saturated heterocycles. The number of carbonyl (C=O) groups excluding carboxylic acids is 1. The van der Waals surface area contributed by atoms with Crippen molar-refractivity contribution >= 4 is 18.3 Å². The fraction of sp³-hybridized carbons (Fsp3) is 0.545. The van der Waals surface area contributed by atoms with Gasteiger partial charge in [0.2, 0.25) is 0 Å². The van der Waals surface area contributed by atoms with Crippen LogP contribution in [0.4, 0.5) is 0 Å². The Bertz CT molecular complexity index is 809. The predicted octanol–water partition coefficient (Wildman–Crippen LogP) is 3.56. The third-order valence-electron chi connectivity index (χ3n) is 5.92. The van der Waals surface area contributed by atoms with Gasteiger partial charge < -0.3 is 10.2 Å². The Hall–Kier alpha value is -1.85. The van der Waals surface area contributed by atoms with Gasteiger partial charge in [-0.3, -0.25) is 4.79 Å². The van der Waals surface area contributed by atoms with Gasteiger partial charge in [0.25, 0.3) is 5.91 Å². The molecule has 1 amide bonds. The first-order valence-electron chi connectivity index (χ1n) is 10.4. The average molecular weight is 403 g/mol. The highest BCUT2D eigenvalue weighted by Crippen LogP contribution is 2.29. The molecule has 1 atom stereocenters. The third-order valence-corrected chi connectivity index (χ3v) is 5.92. The molecule has 0 spiro atoms. The minimum absolute atomic E-state index is 0. The number of nitrogens with one attached hydrogen (secondary N) is 1. The van der Waals surface area contributed by atoms with E-state index in [0.29, 0.717) is 11.7 Å². The number of hydrogen-bond acceptors (Lipinski definition) is 3. The summed E-state index contributed by atoms with van der Waals surface area (Å²) in [7, 11) is 0. The fourth-order valence-corrected chi connectivity index (χ4v) is 4.43. The third kappa shape index (κ3) is 3.83. The van der Waals surface area contributed by atoms with Crippen molar-refractivity contribution in [3.8, 4) is 5.69 Å². The molecule has 152 valence electrons. The second-order valence-corrected chi connectivity index (χ2v) is 7.70. The van der Waals surface area contributed by atoms with E-state index < -0.39 is 0 Å². The van der Waals surface area contributed by atoms with Gasteiger partial charge in [-0.15, -0.1) is 12.4 Å². The lowest BCUT2D eigenvalue weighted by Gasteiger charge is -2.27. The van der Waals surface area contributed by atoms with Crippen LogP contribution < -0.4 is 5.32 Å². The first-order valence-corrected chi connectivity index (χ1v) is 10.4. The summed E-state index contributed by atoms with van der Waals surface area (Å²) in [5.41, 5.74) is 5.47. The number of amides is 1. The average Bonchev–Trinajstić information content (AvgIpc) is 3.43. The zero-order valence-corrected chi connectivity index (χ0v) is 17.7. The van der Waals surface area contributed by atoms with Crippen LogP contribution in [0.2, 0.25) is 0 Å². The lowest BCUT2D eigenvalue weighted by atomic mass is 10.1. The first-order chi connectivity index (χ1) is 13.2. The molecule has 28 heavy (non-hydrogen) atoms. The van der Waals surface area contributed by atoms with E-state index in [9.17, 15) is 4.79 Å². The van der Waals surface area contributed by atoms with E-state index >= 15 is 0 Å².